The number of piperazine rings is 1. The molecule has 2 aromatic rings. The van der Waals surface area contributed by atoms with E-state index in [4.69, 9.17) is 4.74 Å². The van der Waals surface area contributed by atoms with Crippen molar-refractivity contribution in [3.05, 3.63) is 42.2 Å². The number of ether oxygens (including phenoxy) is 1. The summed E-state index contributed by atoms with van der Waals surface area (Å²) in [6.45, 7) is 6.81. The lowest BCUT2D eigenvalue weighted by Crippen LogP contribution is -2.55. The number of carbonyl (C=O) groups is 1. The molecular formula is C23H26FN5O2. The molecule has 162 valence electrons. The van der Waals surface area contributed by atoms with E-state index in [1.54, 1.807) is 12.1 Å². The van der Waals surface area contributed by atoms with Gasteiger partial charge in [0.25, 0.3) is 5.91 Å². The van der Waals surface area contributed by atoms with Gasteiger partial charge in [-0.2, -0.15) is 5.10 Å². The van der Waals surface area contributed by atoms with Crippen molar-refractivity contribution in [2.24, 2.45) is 5.10 Å². The van der Waals surface area contributed by atoms with E-state index >= 15 is 0 Å². The summed E-state index contributed by atoms with van der Waals surface area (Å²) in [5, 5.41) is 7.64. The number of amides is 1. The molecule has 1 saturated heterocycles. The van der Waals surface area contributed by atoms with Crippen molar-refractivity contribution < 1.29 is 13.9 Å². The first-order chi connectivity index (χ1) is 15.1. The molecule has 7 nitrogen and oxygen atoms in total. The van der Waals surface area contributed by atoms with Gasteiger partial charge in [0.1, 0.15) is 24.2 Å². The van der Waals surface area contributed by atoms with E-state index in [-0.39, 0.29) is 24.4 Å². The molecule has 0 bridgehead atoms. The Hall–Kier alpha value is -3.13. The van der Waals surface area contributed by atoms with Crippen LogP contribution in [-0.2, 0) is 4.79 Å². The molecule has 0 aliphatic carbocycles. The molecule has 3 aliphatic heterocycles. The summed E-state index contributed by atoms with van der Waals surface area (Å²) in [5.41, 5.74) is 5.63. The number of nitrogens with zero attached hydrogens (tertiary/aromatic N) is 3. The number of benzene rings is 2. The highest BCUT2D eigenvalue weighted by atomic mass is 19.1. The molecule has 2 N–H and O–H groups in total. The van der Waals surface area contributed by atoms with Crippen molar-refractivity contribution >= 4 is 23.1 Å². The lowest BCUT2D eigenvalue weighted by Gasteiger charge is -2.42. The summed E-state index contributed by atoms with van der Waals surface area (Å²) in [5.74, 6) is 0.864. The molecule has 0 spiro atoms. The number of hydrazone groups is 1. The average molecular weight is 423 g/mol. The van der Waals surface area contributed by atoms with Crippen molar-refractivity contribution in [3.8, 4) is 16.9 Å². The van der Waals surface area contributed by atoms with E-state index in [1.807, 2.05) is 30.0 Å². The number of halogens is 1. The minimum absolute atomic E-state index is 0.162. The van der Waals surface area contributed by atoms with Crippen LogP contribution in [0.1, 0.15) is 20.3 Å². The van der Waals surface area contributed by atoms with Crippen molar-refractivity contribution in [3.63, 3.8) is 0 Å². The van der Waals surface area contributed by atoms with Gasteiger partial charge in [-0.05, 0) is 31.5 Å². The van der Waals surface area contributed by atoms with Crippen molar-refractivity contribution in [2.75, 3.05) is 36.0 Å². The Labute approximate surface area is 180 Å². The minimum atomic E-state index is -0.410. The number of fused-ring (bicyclic) bond motifs is 3. The molecule has 8 heteroatoms. The molecule has 3 aliphatic rings. The number of anilines is 2. The van der Waals surface area contributed by atoms with E-state index < -0.39 is 6.04 Å². The van der Waals surface area contributed by atoms with Crippen LogP contribution in [0.25, 0.3) is 11.1 Å². The second kappa shape index (κ2) is 7.85. The molecule has 2 unspecified atom stereocenters. The Balaban J connectivity index is 1.71. The van der Waals surface area contributed by atoms with Crippen LogP contribution in [0.15, 0.2) is 41.5 Å². The molecule has 3 heterocycles. The lowest BCUT2D eigenvalue weighted by atomic mass is 9.97. The molecule has 31 heavy (non-hydrogen) atoms. The number of nitrogens with one attached hydrogen (secondary N) is 2. The van der Waals surface area contributed by atoms with Gasteiger partial charge in [-0.1, -0.05) is 25.1 Å². The van der Waals surface area contributed by atoms with Gasteiger partial charge < -0.3 is 19.9 Å². The molecule has 1 fully saturated rings. The van der Waals surface area contributed by atoms with Gasteiger partial charge in [0.15, 0.2) is 5.84 Å². The summed E-state index contributed by atoms with van der Waals surface area (Å²) < 4.78 is 20.9. The van der Waals surface area contributed by atoms with Crippen molar-refractivity contribution in [1.29, 1.82) is 0 Å². The van der Waals surface area contributed by atoms with Gasteiger partial charge in [-0.25, -0.2) is 9.82 Å². The maximum atomic E-state index is 14.9. The van der Waals surface area contributed by atoms with Gasteiger partial charge >= 0.3 is 0 Å². The molecule has 0 aromatic heterocycles. The molecule has 1 amide bonds. The normalized spacial score (nSPS) is 22.8. The van der Waals surface area contributed by atoms with E-state index in [1.165, 1.54) is 6.07 Å². The number of carbonyl (C=O) groups excluding carboxylic acids is 1. The van der Waals surface area contributed by atoms with Gasteiger partial charge in [-0.3, -0.25) is 4.79 Å². The van der Waals surface area contributed by atoms with Crippen LogP contribution in [-0.4, -0.2) is 50.1 Å². The number of rotatable bonds is 3. The molecule has 0 saturated carbocycles. The Morgan fingerprint density at radius 1 is 1.23 bits per heavy atom. The van der Waals surface area contributed by atoms with Crippen LogP contribution >= 0.6 is 0 Å². The van der Waals surface area contributed by atoms with Crippen LogP contribution in [0.5, 0.6) is 5.75 Å². The SMILES string of the molecule is CCC1CNCCN1c1cc2c(cc1-c1ccccc1F)OCC1=NNC(=O)C(C)N12. The second-order valence-electron chi connectivity index (χ2n) is 8.12. The van der Waals surface area contributed by atoms with Crippen LogP contribution in [0.4, 0.5) is 15.8 Å². The number of hydrogen-bond donors (Lipinski definition) is 2. The van der Waals surface area contributed by atoms with Crippen LogP contribution in [0, 0.1) is 5.82 Å². The standard InChI is InChI=1S/C23H26FN5O2/c1-3-15-12-25-8-9-28(15)19-11-20-21(10-17(19)16-6-4-5-7-18(16)24)31-13-22-26-27-23(30)14(2)29(20)22/h4-7,10-11,14-15,25H,3,8-9,12-13H2,1-2H3,(H,27,30). The van der Waals surface area contributed by atoms with Crippen LogP contribution in [0.3, 0.4) is 0 Å². The molecular weight excluding hydrogens is 397 g/mol. The Morgan fingerprint density at radius 3 is 2.87 bits per heavy atom. The smallest absolute Gasteiger partial charge is 0.262 e. The highest BCUT2D eigenvalue weighted by Gasteiger charge is 2.37. The van der Waals surface area contributed by atoms with Crippen LogP contribution in [0.2, 0.25) is 0 Å². The molecule has 2 atom stereocenters. The Bertz CT molecular complexity index is 1060. The van der Waals surface area contributed by atoms with Gasteiger partial charge in [0.05, 0.1) is 5.69 Å². The monoisotopic (exact) mass is 423 g/mol. The quantitative estimate of drug-likeness (QED) is 0.795. The van der Waals surface area contributed by atoms with E-state index in [0.717, 1.165) is 43.0 Å². The Kier molecular flexibility index (Phi) is 5.02. The summed E-state index contributed by atoms with van der Waals surface area (Å²) in [7, 11) is 0. The zero-order chi connectivity index (χ0) is 21.5. The summed E-state index contributed by atoms with van der Waals surface area (Å²) in [6, 6.07) is 10.7. The molecule has 5 rings (SSSR count). The minimum Gasteiger partial charge on any atom is -0.483 e. The van der Waals surface area contributed by atoms with Crippen LogP contribution < -0.4 is 25.3 Å². The first-order valence-corrected chi connectivity index (χ1v) is 10.8. The first-order valence-electron chi connectivity index (χ1n) is 10.8. The van der Waals surface area contributed by atoms with Gasteiger partial charge in [0, 0.05) is 42.5 Å². The summed E-state index contributed by atoms with van der Waals surface area (Å²) >= 11 is 0. The van der Waals surface area contributed by atoms with E-state index in [9.17, 15) is 9.18 Å². The third kappa shape index (κ3) is 3.31. The number of hydrogen-bond acceptors (Lipinski definition) is 6. The Morgan fingerprint density at radius 2 is 2.06 bits per heavy atom. The predicted molar refractivity (Wildman–Crippen MR) is 119 cm³/mol. The van der Waals surface area contributed by atoms with Crippen molar-refractivity contribution in [1.82, 2.24) is 10.7 Å². The lowest BCUT2D eigenvalue weighted by molar-refractivity contribution is -0.122. The van der Waals surface area contributed by atoms with Gasteiger partial charge in [0.2, 0.25) is 0 Å². The topological polar surface area (TPSA) is 69.2 Å². The summed E-state index contributed by atoms with van der Waals surface area (Å²) in [6.07, 6.45) is 0.965. The zero-order valence-electron chi connectivity index (χ0n) is 17.7. The highest BCUT2D eigenvalue weighted by molar-refractivity contribution is 6.10. The maximum Gasteiger partial charge on any atom is 0.262 e. The van der Waals surface area contributed by atoms with Crippen molar-refractivity contribution in [2.45, 2.75) is 32.4 Å². The fraction of sp³-hybridized carbons (Fsp3) is 0.391. The van der Waals surface area contributed by atoms with Gasteiger partial charge in [-0.15, -0.1) is 0 Å². The third-order valence-electron chi connectivity index (χ3n) is 6.33. The predicted octanol–water partition coefficient (Wildman–Crippen LogP) is 2.71. The van der Waals surface area contributed by atoms with E-state index in [0.29, 0.717) is 17.1 Å². The zero-order valence-corrected chi connectivity index (χ0v) is 17.7. The average Bonchev–Trinajstić information content (AvgIpc) is 2.80. The molecule has 2 aromatic carbocycles. The number of amidine groups is 1. The first kappa shape index (κ1) is 19.8. The maximum absolute atomic E-state index is 14.9. The fourth-order valence-electron chi connectivity index (χ4n) is 4.64. The summed E-state index contributed by atoms with van der Waals surface area (Å²) in [4.78, 5) is 16.6. The fourth-order valence-corrected chi connectivity index (χ4v) is 4.64. The van der Waals surface area contributed by atoms with E-state index in [2.05, 4.69) is 27.7 Å². The second-order valence-corrected chi connectivity index (χ2v) is 8.12. The highest BCUT2D eigenvalue weighted by Crippen LogP contribution is 2.45. The molecule has 0 radical (unpaired) electrons. The third-order valence-corrected chi connectivity index (χ3v) is 6.33. The largest absolute Gasteiger partial charge is 0.483 e.